The second-order valence-electron chi connectivity index (χ2n) is 5.04. The van der Waals surface area contributed by atoms with Crippen molar-refractivity contribution in [1.82, 2.24) is 4.90 Å². The zero-order valence-electron chi connectivity index (χ0n) is 11.0. The van der Waals surface area contributed by atoms with E-state index in [1.54, 1.807) is 0 Å². The minimum atomic E-state index is 0.264. The number of ketones is 1. The molecule has 0 heterocycles. The molecule has 1 fully saturated rings. The summed E-state index contributed by atoms with van der Waals surface area (Å²) in [4.78, 5) is 14.6. The molecule has 17 heavy (non-hydrogen) atoms. The Morgan fingerprint density at radius 3 is 2.65 bits per heavy atom. The van der Waals surface area contributed by atoms with Gasteiger partial charge in [0.2, 0.25) is 0 Å². The Labute approximate surface area is 104 Å². The minimum Gasteiger partial charge on any atom is -0.293 e. The van der Waals surface area contributed by atoms with Gasteiger partial charge in [0, 0.05) is 11.6 Å². The van der Waals surface area contributed by atoms with Crippen LogP contribution in [0.5, 0.6) is 0 Å². The SMILES string of the molecule is CCN(CC(=O)c1cc(C)ccc1C)C1CC1. The summed E-state index contributed by atoms with van der Waals surface area (Å²) in [5, 5.41) is 0. The third kappa shape index (κ3) is 2.95. The fraction of sp³-hybridized carbons (Fsp3) is 0.533. The second kappa shape index (κ2) is 5.01. The molecule has 0 atom stereocenters. The summed E-state index contributed by atoms with van der Waals surface area (Å²) in [6.45, 7) is 7.73. The number of likely N-dealkylation sites (N-methyl/N-ethyl adjacent to an activating group) is 1. The highest BCUT2D eigenvalue weighted by atomic mass is 16.1. The van der Waals surface area contributed by atoms with Crippen LogP contribution in [0.1, 0.15) is 41.3 Å². The average Bonchev–Trinajstić information content (AvgIpc) is 3.13. The molecule has 0 bridgehead atoms. The van der Waals surface area contributed by atoms with Crippen LogP contribution in [0.4, 0.5) is 0 Å². The third-order valence-corrected chi connectivity index (χ3v) is 3.51. The van der Waals surface area contributed by atoms with E-state index < -0.39 is 0 Å². The summed E-state index contributed by atoms with van der Waals surface area (Å²) in [6, 6.07) is 6.77. The van der Waals surface area contributed by atoms with E-state index in [0.717, 1.165) is 23.2 Å². The maximum absolute atomic E-state index is 12.3. The Bertz CT molecular complexity index is 421. The fourth-order valence-corrected chi connectivity index (χ4v) is 2.24. The third-order valence-electron chi connectivity index (χ3n) is 3.51. The van der Waals surface area contributed by atoms with Gasteiger partial charge in [-0.3, -0.25) is 9.69 Å². The fourth-order valence-electron chi connectivity index (χ4n) is 2.24. The van der Waals surface area contributed by atoms with Crippen LogP contribution in [-0.4, -0.2) is 29.8 Å². The zero-order chi connectivity index (χ0) is 12.4. The summed E-state index contributed by atoms with van der Waals surface area (Å²) in [7, 11) is 0. The van der Waals surface area contributed by atoms with Crippen LogP contribution >= 0.6 is 0 Å². The molecule has 0 saturated heterocycles. The molecule has 0 aromatic heterocycles. The normalized spacial score (nSPS) is 15.3. The quantitative estimate of drug-likeness (QED) is 0.726. The molecule has 2 heteroatoms. The summed E-state index contributed by atoms with van der Waals surface area (Å²) in [6.07, 6.45) is 2.52. The lowest BCUT2D eigenvalue weighted by atomic mass is 10.0. The Morgan fingerprint density at radius 1 is 1.35 bits per heavy atom. The molecule has 1 aliphatic carbocycles. The number of nitrogens with zero attached hydrogens (tertiary/aromatic N) is 1. The first-order chi connectivity index (χ1) is 8.11. The summed E-state index contributed by atoms with van der Waals surface area (Å²) in [5.41, 5.74) is 3.14. The molecule has 2 rings (SSSR count). The van der Waals surface area contributed by atoms with Crippen molar-refractivity contribution in [3.05, 3.63) is 34.9 Å². The van der Waals surface area contributed by atoms with Crippen molar-refractivity contribution in [2.45, 2.75) is 39.7 Å². The Balaban J connectivity index is 2.10. The van der Waals surface area contributed by atoms with Crippen LogP contribution in [-0.2, 0) is 0 Å². The maximum atomic E-state index is 12.3. The number of hydrogen-bond acceptors (Lipinski definition) is 2. The standard InChI is InChI=1S/C15H21NO/c1-4-16(13-7-8-13)10-15(17)14-9-11(2)5-6-12(14)3/h5-6,9,13H,4,7-8,10H2,1-3H3. The average molecular weight is 231 g/mol. The van der Waals surface area contributed by atoms with E-state index in [-0.39, 0.29) is 5.78 Å². The minimum absolute atomic E-state index is 0.264. The lowest BCUT2D eigenvalue weighted by Gasteiger charge is -2.19. The van der Waals surface area contributed by atoms with Gasteiger partial charge in [0.1, 0.15) is 0 Å². The highest BCUT2D eigenvalue weighted by Crippen LogP contribution is 2.26. The summed E-state index contributed by atoms with van der Waals surface area (Å²) < 4.78 is 0. The first kappa shape index (κ1) is 12.3. The number of carbonyl (C=O) groups excluding carboxylic acids is 1. The van der Waals surface area contributed by atoms with Gasteiger partial charge in [0.15, 0.2) is 5.78 Å². The van der Waals surface area contributed by atoms with E-state index in [1.807, 2.05) is 26.0 Å². The molecule has 0 aliphatic heterocycles. The van der Waals surface area contributed by atoms with Crippen molar-refractivity contribution in [3.8, 4) is 0 Å². The van der Waals surface area contributed by atoms with Crippen LogP contribution in [0.25, 0.3) is 0 Å². The number of rotatable bonds is 5. The number of hydrogen-bond donors (Lipinski definition) is 0. The van der Waals surface area contributed by atoms with E-state index in [0.29, 0.717) is 12.6 Å². The molecular formula is C15H21NO. The molecule has 1 aromatic rings. The van der Waals surface area contributed by atoms with Gasteiger partial charge in [0.05, 0.1) is 6.54 Å². The van der Waals surface area contributed by atoms with Gasteiger partial charge in [-0.05, 0) is 44.9 Å². The number of benzene rings is 1. The van der Waals surface area contributed by atoms with E-state index in [4.69, 9.17) is 0 Å². The highest BCUT2D eigenvalue weighted by molar-refractivity contribution is 5.99. The molecule has 0 amide bonds. The number of carbonyl (C=O) groups is 1. The van der Waals surface area contributed by atoms with E-state index >= 15 is 0 Å². The second-order valence-corrected chi connectivity index (χ2v) is 5.04. The molecule has 2 nitrogen and oxygen atoms in total. The smallest absolute Gasteiger partial charge is 0.177 e. The number of aryl methyl sites for hydroxylation is 2. The van der Waals surface area contributed by atoms with Crippen molar-refractivity contribution >= 4 is 5.78 Å². The Morgan fingerprint density at radius 2 is 2.06 bits per heavy atom. The first-order valence-electron chi connectivity index (χ1n) is 6.46. The summed E-state index contributed by atoms with van der Waals surface area (Å²) >= 11 is 0. The van der Waals surface area contributed by atoms with E-state index in [2.05, 4.69) is 17.9 Å². The van der Waals surface area contributed by atoms with Gasteiger partial charge >= 0.3 is 0 Å². The van der Waals surface area contributed by atoms with Crippen LogP contribution in [0, 0.1) is 13.8 Å². The molecule has 0 unspecified atom stereocenters. The van der Waals surface area contributed by atoms with Crippen LogP contribution in [0.2, 0.25) is 0 Å². The topological polar surface area (TPSA) is 20.3 Å². The van der Waals surface area contributed by atoms with Gasteiger partial charge < -0.3 is 0 Å². The zero-order valence-corrected chi connectivity index (χ0v) is 11.0. The number of Topliss-reactive ketones (excluding diaryl/α,β-unsaturated/α-hetero) is 1. The van der Waals surface area contributed by atoms with Gasteiger partial charge in [-0.15, -0.1) is 0 Å². The molecule has 1 aliphatic rings. The molecule has 0 spiro atoms. The Hall–Kier alpha value is -1.15. The van der Waals surface area contributed by atoms with E-state index in [1.165, 1.54) is 12.8 Å². The molecule has 92 valence electrons. The lowest BCUT2D eigenvalue weighted by molar-refractivity contribution is 0.0928. The molecule has 1 aromatic carbocycles. The van der Waals surface area contributed by atoms with Gasteiger partial charge in [-0.25, -0.2) is 0 Å². The van der Waals surface area contributed by atoms with Gasteiger partial charge in [-0.1, -0.05) is 24.6 Å². The van der Waals surface area contributed by atoms with Crippen LogP contribution in [0.3, 0.4) is 0 Å². The van der Waals surface area contributed by atoms with E-state index in [9.17, 15) is 4.79 Å². The van der Waals surface area contributed by atoms with Gasteiger partial charge in [0.25, 0.3) is 0 Å². The van der Waals surface area contributed by atoms with Gasteiger partial charge in [-0.2, -0.15) is 0 Å². The molecule has 0 N–H and O–H groups in total. The van der Waals surface area contributed by atoms with Crippen LogP contribution < -0.4 is 0 Å². The van der Waals surface area contributed by atoms with Crippen molar-refractivity contribution in [1.29, 1.82) is 0 Å². The monoisotopic (exact) mass is 231 g/mol. The largest absolute Gasteiger partial charge is 0.293 e. The predicted molar refractivity (Wildman–Crippen MR) is 70.5 cm³/mol. The molecular weight excluding hydrogens is 210 g/mol. The van der Waals surface area contributed by atoms with Crippen molar-refractivity contribution in [2.75, 3.05) is 13.1 Å². The van der Waals surface area contributed by atoms with Crippen LogP contribution in [0.15, 0.2) is 18.2 Å². The molecule has 0 radical (unpaired) electrons. The van der Waals surface area contributed by atoms with Crippen molar-refractivity contribution in [2.24, 2.45) is 0 Å². The predicted octanol–water partition coefficient (Wildman–Crippen LogP) is 2.97. The summed E-state index contributed by atoms with van der Waals surface area (Å²) in [5.74, 6) is 0.264. The molecule has 1 saturated carbocycles. The van der Waals surface area contributed by atoms with Crippen molar-refractivity contribution in [3.63, 3.8) is 0 Å². The lowest BCUT2D eigenvalue weighted by Crippen LogP contribution is -2.32. The first-order valence-corrected chi connectivity index (χ1v) is 6.46. The highest BCUT2D eigenvalue weighted by Gasteiger charge is 2.29. The Kier molecular flexibility index (Phi) is 3.63. The maximum Gasteiger partial charge on any atom is 0.177 e. The van der Waals surface area contributed by atoms with Crippen molar-refractivity contribution < 1.29 is 4.79 Å².